The predicted octanol–water partition coefficient (Wildman–Crippen LogP) is 2.70. The van der Waals surface area contributed by atoms with Crippen molar-refractivity contribution in [1.29, 1.82) is 0 Å². The number of nitro benzene ring substituents is 1. The van der Waals surface area contributed by atoms with Gasteiger partial charge in [-0.15, -0.1) is 0 Å². The first-order chi connectivity index (χ1) is 8.67. The Morgan fingerprint density at radius 3 is 2.61 bits per heavy atom. The van der Waals surface area contributed by atoms with Crippen LogP contribution in [-0.4, -0.2) is 21.3 Å². The molecular weight excluding hydrogens is 238 g/mol. The Hall–Kier alpha value is -2.18. The van der Waals surface area contributed by atoms with Crippen LogP contribution in [-0.2, 0) is 0 Å². The lowest BCUT2D eigenvalue weighted by Gasteiger charge is -2.15. The van der Waals surface area contributed by atoms with Crippen LogP contribution in [0.25, 0.3) is 11.0 Å². The number of nitrogens with zero attached hydrogens (tertiary/aromatic N) is 3. The predicted molar refractivity (Wildman–Crippen MR) is 63.5 cm³/mol. The van der Waals surface area contributed by atoms with Crippen molar-refractivity contribution in [3.05, 3.63) is 22.2 Å². The molecule has 2 aromatic rings. The molecule has 7 heteroatoms. The minimum atomic E-state index is -0.520. The third kappa shape index (κ3) is 2.11. The molecule has 1 aromatic carbocycles. The van der Waals surface area contributed by atoms with Crippen LogP contribution >= 0.6 is 0 Å². The Kier molecular flexibility index (Phi) is 3.40. The van der Waals surface area contributed by atoms with Crippen LogP contribution in [0.5, 0.6) is 5.75 Å². The highest BCUT2D eigenvalue weighted by Gasteiger charge is 2.21. The monoisotopic (exact) mass is 251 g/mol. The smallest absolute Gasteiger partial charge is 0.301 e. The van der Waals surface area contributed by atoms with E-state index in [9.17, 15) is 10.1 Å². The third-order valence-electron chi connectivity index (χ3n) is 2.76. The van der Waals surface area contributed by atoms with Gasteiger partial charge in [0.1, 0.15) is 0 Å². The molecule has 0 fully saturated rings. The van der Waals surface area contributed by atoms with Crippen LogP contribution in [0.1, 0.15) is 26.7 Å². The molecule has 0 spiro atoms. The Labute approximate surface area is 103 Å². The molecule has 0 aliphatic carbocycles. The number of benzene rings is 1. The van der Waals surface area contributed by atoms with Gasteiger partial charge in [-0.3, -0.25) is 10.1 Å². The highest BCUT2D eigenvalue weighted by molar-refractivity contribution is 5.88. The quantitative estimate of drug-likeness (QED) is 0.599. The SMILES string of the molecule is CCC(CC)Oc1ccc([N+](=O)[O-])c2nonc12. The second kappa shape index (κ2) is 4.99. The van der Waals surface area contributed by atoms with E-state index in [1.807, 2.05) is 13.8 Å². The molecule has 0 amide bonds. The Morgan fingerprint density at radius 1 is 1.33 bits per heavy atom. The Balaban J connectivity index is 2.44. The van der Waals surface area contributed by atoms with Crippen molar-refractivity contribution in [3.8, 4) is 5.75 Å². The van der Waals surface area contributed by atoms with E-state index in [0.717, 1.165) is 12.8 Å². The average molecular weight is 251 g/mol. The van der Waals surface area contributed by atoms with Gasteiger partial charge >= 0.3 is 5.69 Å². The summed E-state index contributed by atoms with van der Waals surface area (Å²) in [5, 5.41) is 18.0. The molecule has 0 saturated heterocycles. The van der Waals surface area contributed by atoms with Gasteiger partial charge in [0.05, 0.1) is 11.0 Å². The molecule has 0 aliphatic rings. The summed E-state index contributed by atoms with van der Waals surface area (Å²) in [6, 6.07) is 2.88. The highest BCUT2D eigenvalue weighted by atomic mass is 16.6. The summed E-state index contributed by atoms with van der Waals surface area (Å²) >= 11 is 0. The minimum absolute atomic E-state index is 0.0476. The zero-order valence-electron chi connectivity index (χ0n) is 10.1. The number of ether oxygens (including phenoxy) is 1. The second-order valence-corrected chi connectivity index (χ2v) is 3.86. The van der Waals surface area contributed by atoms with Crippen molar-refractivity contribution in [3.63, 3.8) is 0 Å². The van der Waals surface area contributed by atoms with E-state index in [1.165, 1.54) is 12.1 Å². The Bertz CT molecular complexity index is 562. The van der Waals surface area contributed by atoms with Crippen LogP contribution in [0, 0.1) is 10.1 Å². The first-order valence-corrected chi connectivity index (χ1v) is 5.73. The molecule has 7 nitrogen and oxygen atoms in total. The van der Waals surface area contributed by atoms with Crippen LogP contribution < -0.4 is 4.74 Å². The summed E-state index contributed by atoms with van der Waals surface area (Å²) in [5.41, 5.74) is 0.266. The summed E-state index contributed by atoms with van der Waals surface area (Å²) in [6.45, 7) is 4.02. The van der Waals surface area contributed by atoms with Crippen LogP contribution in [0.4, 0.5) is 5.69 Å². The number of aromatic nitrogens is 2. The molecule has 0 aliphatic heterocycles. The maximum atomic E-state index is 10.8. The number of hydrogen-bond acceptors (Lipinski definition) is 6. The van der Waals surface area contributed by atoms with Crippen molar-refractivity contribution in [1.82, 2.24) is 10.3 Å². The van der Waals surface area contributed by atoms with Gasteiger partial charge in [-0.1, -0.05) is 13.8 Å². The standard InChI is InChI=1S/C11H13N3O4/c1-3-7(4-2)17-9-6-5-8(14(15)16)10-11(9)13-18-12-10/h5-7H,3-4H2,1-2H3. The summed E-state index contributed by atoms with van der Waals surface area (Å²) in [4.78, 5) is 10.3. The molecule has 2 rings (SSSR count). The first-order valence-electron chi connectivity index (χ1n) is 5.73. The van der Waals surface area contributed by atoms with E-state index in [0.29, 0.717) is 5.75 Å². The van der Waals surface area contributed by atoms with Crippen LogP contribution in [0.15, 0.2) is 16.8 Å². The third-order valence-corrected chi connectivity index (χ3v) is 2.76. The van der Waals surface area contributed by atoms with Crippen LogP contribution in [0.3, 0.4) is 0 Å². The van der Waals surface area contributed by atoms with Gasteiger partial charge in [-0.2, -0.15) is 0 Å². The first kappa shape index (κ1) is 12.3. The van der Waals surface area contributed by atoms with Gasteiger partial charge in [-0.05, 0) is 29.2 Å². The van der Waals surface area contributed by atoms with Gasteiger partial charge in [-0.25, -0.2) is 4.63 Å². The van der Waals surface area contributed by atoms with Crippen molar-refractivity contribution >= 4 is 16.7 Å². The Morgan fingerprint density at radius 2 is 2.00 bits per heavy atom. The van der Waals surface area contributed by atoms with Gasteiger partial charge in [0.15, 0.2) is 11.3 Å². The maximum absolute atomic E-state index is 10.8. The number of hydrogen-bond donors (Lipinski definition) is 0. The van der Waals surface area contributed by atoms with Gasteiger partial charge in [0, 0.05) is 6.07 Å². The molecule has 0 unspecified atom stereocenters. The highest BCUT2D eigenvalue weighted by Crippen LogP contribution is 2.31. The van der Waals surface area contributed by atoms with E-state index < -0.39 is 4.92 Å². The fourth-order valence-corrected chi connectivity index (χ4v) is 1.71. The molecule has 0 bridgehead atoms. The number of rotatable bonds is 5. The van der Waals surface area contributed by atoms with Crippen molar-refractivity contribution < 1.29 is 14.3 Å². The summed E-state index contributed by atoms with van der Waals surface area (Å²) in [6.07, 6.45) is 1.74. The van der Waals surface area contributed by atoms with Gasteiger partial charge < -0.3 is 4.74 Å². The molecule has 18 heavy (non-hydrogen) atoms. The molecule has 0 saturated carbocycles. The number of non-ortho nitro benzene ring substituents is 1. The largest absolute Gasteiger partial charge is 0.488 e. The van der Waals surface area contributed by atoms with Crippen molar-refractivity contribution in [2.75, 3.05) is 0 Å². The zero-order chi connectivity index (χ0) is 13.1. The number of fused-ring (bicyclic) bond motifs is 1. The number of nitro groups is 1. The molecule has 0 N–H and O–H groups in total. The van der Waals surface area contributed by atoms with E-state index >= 15 is 0 Å². The lowest BCUT2D eigenvalue weighted by Crippen LogP contribution is -2.13. The van der Waals surface area contributed by atoms with Crippen molar-refractivity contribution in [2.24, 2.45) is 0 Å². The van der Waals surface area contributed by atoms with E-state index in [-0.39, 0.29) is 22.8 Å². The van der Waals surface area contributed by atoms with E-state index in [4.69, 9.17) is 4.74 Å². The lowest BCUT2D eigenvalue weighted by atomic mass is 10.2. The summed E-state index contributed by atoms with van der Waals surface area (Å²) in [5.74, 6) is 0.463. The average Bonchev–Trinajstić information content (AvgIpc) is 2.84. The van der Waals surface area contributed by atoms with E-state index in [2.05, 4.69) is 14.9 Å². The molecule has 1 aromatic heterocycles. The van der Waals surface area contributed by atoms with Crippen LogP contribution in [0.2, 0.25) is 0 Å². The van der Waals surface area contributed by atoms with E-state index in [1.54, 1.807) is 0 Å². The fraction of sp³-hybridized carbons (Fsp3) is 0.455. The molecule has 96 valence electrons. The summed E-state index contributed by atoms with van der Waals surface area (Å²) in [7, 11) is 0. The van der Waals surface area contributed by atoms with Gasteiger partial charge in [0.2, 0.25) is 5.52 Å². The van der Waals surface area contributed by atoms with Gasteiger partial charge in [0.25, 0.3) is 0 Å². The molecule has 0 atom stereocenters. The fourth-order valence-electron chi connectivity index (χ4n) is 1.71. The normalized spacial score (nSPS) is 11.1. The molecular formula is C11H13N3O4. The lowest BCUT2D eigenvalue weighted by molar-refractivity contribution is -0.383. The van der Waals surface area contributed by atoms with Crippen molar-refractivity contribution in [2.45, 2.75) is 32.8 Å². The topological polar surface area (TPSA) is 91.3 Å². The summed E-state index contributed by atoms with van der Waals surface area (Å²) < 4.78 is 10.3. The molecule has 0 radical (unpaired) electrons. The zero-order valence-corrected chi connectivity index (χ0v) is 10.1. The minimum Gasteiger partial charge on any atom is -0.488 e. The maximum Gasteiger partial charge on any atom is 0.301 e. The molecule has 1 heterocycles. The second-order valence-electron chi connectivity index (χ2n) is 3.86.